The molecule has 0 fully saturated rings. The molecule has 1 unspecified atom stereocenters. The van der Waals surface area contributed by atoms with Crippen LogP contribution in [0.25, 0.3) is 0 Å². The Labute approximate surface area is 130 Å². The van der Waals surface area contributed by atoms with Gasteiger partial charge in [0.15, 0.2) is 6.61 Å². The zero-order chi connectivity index (χ0) is 15.2. The van der Waals surface area contributed by atoms with Crippen molar-refractivity contribution >= 4 is 17.2 Å². The molecular weight excluding hydrogens is 282 g/mol. The lowest BCUT2D eigenvalue weighted by atomic mass is 10.1. The number of hydrogen-bond donors (Lipinski definition) is 0. The van der Waals surface area contributed by atoms with E-state index in [0.717, 1.165) is 17.7 Å². The van der Waals surface area contributed by atoms with E-state index in [4.69, 9.17) is 4.74 Å². The van der Waals surface area contributed by atoms with Crippen LogP contribution in [-0.2, 0) is 11.2 Å². The van der Waals surface area contributed by atoms with E-state index in [9.17, 15) is 4.79 Å². The summed E-state index contributed by atoms with van der Waals surface area (Å²) >= 11 is 1.66. The first-order chi connectivity index (χ1) is 10.1. The summed E-state index contributed by atoms with van der Waals surface area (Å²) in [6.07, 6.45) is 0.895. The van der Waals surface area contributed by atoms with Crippen molar-refractivity contribution in [3.05, 3.63) is 52.2 Å². The van der Waals surface area contributed by atoms with E-state index >= 15 is 0 Å². The van der Waals surface area contributed by atoms with Crippen molar-refractivity contribution in [3.63, 3.8) is 0 Å². The Hall–Kier alpha value is -1.81. The molecule has 0 N–H and O–H groups in total. The molecule has 0 spiro atoms. The van der Waals surface area contributed by atoms with Crippen molar-refractivity contribution in [3.8, 4) is 5.75 Å². The van der Waals surface area contributed by atoms with Crippen molar-refractivity contribution in [1.82, 2.24) is 4.90 Å². The summed E-state index contributed by atoms with van der Waals surface area (Å²) in [5.74, 6) is 0.785. The van der Waals surface area contributed by atoms with E-state index in [0.29, 0.717) is 0 Å². The molecule has 0 radical (unpaired) electrons. The standard InChI is InChI=1S/C17H21NO2S/c1-4-14-8-5-6-9-15(14)20-12-17(19)18(3)13(2)16-10-7-11-21-16/h5-11,13H,4,12H2,1-3H3. The van der Waals surface area contributed by atoms with E-state index in [1.807, 2.05) is 55.7 Å². The average Bonchev–Trinajstić information content (AvgIpc) is 3.05. The van der Waals surface area contributed by atoms with Gasteiger partial charge in [-0.25, -0.2) is 0 Å². The third-order valence-electron chi connectivity index (χ3n) is 3.63. The van der Waals surface area contributed by atoms with Gasteiger partial charge in [-0.2, -0.15) is 0 Å². The number of carbonyl (C=O) groups is 1. The lowest BCUT2D eigenvalue weighted by Crippen LogP contribution is -2.33. The molecule has 112 valence electrons. The van der Waals surface area contributed by atoms with E-state index in [1.165, 1.54) is 4.88 Å². The molecule has 1 aromatic heterocycles. The monoisotopic (exact) mass is 303 g/mol. The predicted molar refractivity (Wildman–Crippen MR) is 86.8 cm³/mol. The Balaban J connectivity index is 1.95. The Morgan fingerprint density at radius 1 is 1.29 bits per heavy atom. The van der Waals surface area contributed by atoms with Crippen molar-refractivity contribution in [2.24, 2.45) is 0 Å². The number of amides is 1. The van der Waals surface area contributed by atoms with Gasteiger partial charge in [-0.05, 0) is 36.4 Å². The minimum atomic E-state index is -0.0122. The van der Waals surface area contributed by atoms with Gasteiger partial charge in [-0.1, -0.05) is 31.2 Å². The number of ether oxygens (including phenoxy) is 1. The molecule has 2 aromatic rings. The van der Waals surface area contributed by atoms with Crippen LogP contribution in [0.3, 0.4) is 0 Å². The molecular formula is C17H21NO2S. The molecule has 0 aliphatic carbocycles. The molecule has 0 aliphatic heterocycles. The lowest BCUT2D eigenvalue weighted by Gasteiger charge is -2.24. The maximum Gasteiger partial charge on any atom is 0.260 e. The third-order valence-corrected chi connectivity index (χ3v) is 4.68. The summed E-state index contributed by atoms with van der Waals surface area (Å²) in [5, 5.41) is 2.03. The van der Waals surface area contributed by atoms with Crippen molar-refractivity contribution in [2.75, 3.05) is 13.7 Å². The van der Waals surface area contributed by atoms with Crippen LogP contribution in [0.1, 0.15) is 30.3 Å². The number of likely N-dealkylation sites (N-methyl/N-ethyl adjacent to an activating group) is 1. The van der Waals surface area contributed by atoms with E-state index < -0.39 is 0 Å². The number of carbonyl (C=O) groups excluding carboxylic acids is 1. The molecule has 1 atom stereocenters. The van der Waals surface area contributed by atoms with Gasteiger partial charge in [0.25, 0.3) is 5.91 Å². The average molecular weight is 303 g/mol. The molecule has 0 saturated heterocycles. The van der Waals surface area contributed by atoms with Gasteiger partial charge in [0.2, 0.25) is 0 Å². The minimum Gasteiger partial charge on any atom is -0.483 e. The number of thiophene rings is 1. The number of rotatable bonds is 6. The largest absolute Gasteiger partial charge is 0.483 e. The summed E-state index contributed by atoms with van der Waals surface area (Å²) in [6.45, 7) is 4.18. The molecule has 1 aromatic carbocycles. The predicted octanol–water partition coefficient (Wildman–Crippen LogP) is 3.91. The smallest absolute Gasteiger partial charge is 0.260 e. The van der Waals surface area contributed by atoms with Gasteiger partial charge in [0.1, 0.15) is 5.75 Å². The van der Waals surface area contributed by atoms with Gasteiger partial charge in [0.05, 0.1) is 6.04 Å². The normalized spacial score (nSPS) is 12.0. The molecule has 0 saturated carbocycles. The van der Waals surface area contributed by atoms with E-state index in [2.05, 4.69) is 6.92 Å². The van der Waals surface area contributed by atoms with Gasteiger partial charge < -0.3 is 9.64 Å². The molecule has 0 aliphatic rings. The number of benzene rings is 1. The highest BCUT2D eigenvalue weighted by Gasteiger charge is 2.18. The van der Waals surface area contributed by atoms with Crippen LogP contribution in [0.4, 0.5) is 0 Å². The van der Waals surface area contributed by atoms with Crippen LogP contribution in [0.2, 0.25) is 0 Å². The first-order valence-electron chi connectivity index (χ1n) is 7.13. The van der Waals surface area contributed by atoms with Crippen molar-refractivity contribution in [1.29, 1.82) is 0 Å². The van der Waals surface area contributed by atoms with Gasteiger partial charge in [-0.3, -0.25) is 4.79 Å². The molecule has 3 nitrogen and oxygen atoms in total. The second kappa shape index (κ2) is 7.27. The topological polar surface area (TPSA) is 29.5 Å². The van der Waals surface area contributed by atoms with Crippen molar-refractivity contribution < 1.29 is 9.53 Å². The quantitative estimate of drug-likeness (QED) is 0.810. The van der Waals surface area contributed by atoms with E-state index in [1.54, 1.807) is 16.2 Å². The third kappa shape index (κ3) is 3.85. The molecule has 1 heterocycles. The summed E-state index contributed by atoms with van der Waals surface area (Å²) in [7, 11) is 1.82. The summed E-state index contributed by atoms with van der Waals surface area (Å²) < 4.78 is 5.69. The summed E-state index contributed by atoms with van der Waals surface area (Å²) in [6, 6.07) is 12.0. The Morgan fingerprint density at radius 3 is 2.71 bits per heavy atom. The van der Waals surface area contributed by atoms with Crippen LogP contribution in [-0.4, -0.2) is 24.5 Å². The Bertz CT molecular complexity index is 580. The van der Waals surface area contributed by atoms with Crippen LogP contribution in [0.15, 0.2) is 41.8 Å². The fourth-order valence-electron chi connectivity index (χ4n) is 2.11. The zero-order valence-electron chi connectivity index (χ0n) is 12.7. The van der Waals surface area contributed by atoms with Crippen LogP contribution >= 0.6 is 11.3 Å². The van der Waals surface area contributed by atoms with Crippen molar-refractivity contribution in [2.45, 2.75) is 26.3 Å². The number of para-hydroxylation sites is 1. The maximum absolute atomic E-state index is 12.3. The van der Waals surface area contributed by atoms with E-state index in [-0.39, 0.29) is 18.6 Å². The Morgan fingerprint density at radius 2 is 2.05 bits per heavy atom. The second-order valence-electron chi connectivity index (χ2n) is 4.95. The molecule has 1 amide bonds. The Kier molecular flexibility index (Phi) is 5.39. The van der Waals surface area contributed by atoms with Crippen LogP contribution in [0, 0.1) is 0 Å². The second-order valence-corrected chi connectivity index (χ2v) is 5.93. The first-order valence-corrected chi connectivity index (χ1v) is 8.01. The number of nitrogens with zero attached hydrogens (tertiary/aromatic N) is 1. The fourth-order valence-corrected chi connectivity index (χ4v) is 2.94. The lowest BCUT2D eigenvalue weighted by molar-refractivity contribution is -0.133. The summed E-state index contributed by atoms with van der Waals surface area (Å²) in [4.78, 5) is 15.2. The first kappa shape index (κ1) is 15.6. The van der Waals surface area contributed by atoms with Crippen LogP contribution < -0.4 is 4.74 Å². The maximum atomic E-state index is 12.3. The van der Waals surface area contributed by atoms with Gasteiger partial charge in [-0.15, -0.1) is 11.3 Å². The highest BCUT2D eigenvalue weighted by Crippen LogP contribution is 2.24. The fraction of sp³-hybridized carbons (Fsp3) is 0.353. The van der Waals surface area contributed by atoms with Gasteiger partial charge in [0, 0.05) is 11.9 Å². The highest BCUT2D eigenvalue weighted by atomic mass is 32.1. The van der Waals surface area contributed by atoms with Crippen LogP contribution in [0.5, 0.6) is 5.75 Å². The molecule has 0 bridgehead atoms. The molecule has 2 rings (SSSR count). The zero-order valence-corrected chi connectivity index (χ0v) is 13.5. The summed E-state index contributed by atoms with van der Waals surface area (Å²) in [5.41, 5.74) is 1.12. The molecule has 21 heavy (non-hydrogen) atoms. The SMILES string of the molecule is CCc1ccccc1OCC(=O)N(C)C(C)c1cccs1. The van der Waals surface area contributed by atoms with Gasteiger partial charge >= 0.3 is 0 Å². The minimum absolute atomic E-state index is 0.0122. The highest BCUT2D eigenvalue weighted by molar-refractivity contribution is 7.10. The number of aryl methyl sites for hydroxylation is 1. The number of hydrogen-bond acceptors (Lipinski definition) is 3. The molecule has 4 heteroatoms.